The van der Waals surface area contributed by atoms with Crippen LogP contribution in [0, 0.1) is 0 Å². The highest BCUT2D eigenvalue weighted by Crippen LogP contribution is 2.47. The molecule has 2 aromatic rings. The molecule has 1 heteroatoms. The van der Waals surface area contributed by atoms with E-state index in [1.165, 1.54) is 27.8 Å². The van der Waals surface area contributed by atoms with Gasteiger partial charge < -0.3 is 5.11 Å². The predicted molar refractivity (Wildman–Crippen MR) is 80.1 cm³/mol. The summed E-state index contributed by atoms with van der Waals surface area (Å²) in [5.74, 6) is 0.751. The van der Waals surface area contributed by atoms with Gasteiger partial charge in [-0.05, 0) is 46.4 Å². The van der Waals surface area contributed by atoms with Crippen molar-refractivity contribution >= 4 is 11.1 Å². The molecule has 0 aliphatic heterocycles. The zero-order valence-corrected chi connectivity index (χ0v) is 11.4. The largest absolute Gasteiger partial charge is 0.508 e. The molecule has 1 nitrogen and oxygen atoms in total. The van der Waals surface area contributed by atoms with E-state index in [0.717, 1.165) is 6.42 Å². The molecule has 1 N–H and O–H groups in total. The maximum Gasteiger partial charge on any atom is 0.115 e. The maximum atomic E-state index is 9.45. The first-order chi connectivity index (χ1) is 9.22. The summed E-state index contributed by atoms with van der Waals surface area (Å²) in [6.45, 7) is 4.48. The summed E-state index contributed by atoms with van der Waals surface area (Å²) in [5, 5.41) is 9.45. The monoisotopic (exact) mass is 250 g/mol. The van der Waals surface area contributed by atoms with Crippen molar-refractivity contribution in [3.05, 3.63) is 65.2 Å². The van der Waals surface area contributed by atoms with E-state index < -0.39 is 0 Å². The molecule has 0 spiro atoms. The second-order valence-corrected chi connectivity index (χ2v) is 5.10. The Labute approximate surface area is 114 Å². The Morgan fingerprint density at radius 1 is 1.00 bits per heavy atom. The first-order valence-electron chi connectivity index (χ1n) is 6.84. The molecule has 0 amide bonds. The van der Waals surface area contributed by atoms with Crippen molar-refractivity contribution in [3.63, 3.8) is 0 Å². The van der Waals surface area contributed by atoms with E-state index in [4.69, 9.17) is 0 Å². The normalized spacial score (nSPS) is 17.7. The summed E-state index contributed by atoms with van der Waals surface area (Å²) in [4.78, 5) is 0. The molecule has 1 atom stereocenters. The fourth-order valence-electron chi connectivity index (χ4n) is 3.16. The first kappa shape index (κ1) is 12.0. The van der Waals surface area contributed by atoms with Gasteiger partial charge in [0.2, 0.25) is 0 Å². The summed E-state index contributed by atoms with van der Waals surface area (Å²) in [6, 6.07) is 16.2. The molecule has 2 aromatic carbocycles. The van der Waals surface area contributed by atoms with Gasteiger partial charge in [0, 0.05) is 5.92 Å². The van der Waals surface area contributed by atoms with E-state index in [9.17, 15) is 5.11 Å². The minimum absolute atomic E-state index is 0.325. The van der Waals surface area contributed by atoms with Gasteiger partial charge in [0.15, 0.2) is 0 Å². The van der Waals surface area contributed by atoms with Gasteiger partial charge in [-0.2, -0.15) is 0 Å². The molecular formula is C18H18O. The number of fused-ring (bicyclic) bond motifs is 1. The summed E-state index contributed by atoms with van der Waals surface area (Å²) in [6.07, 6.45) is 1.04. The molecule has 0 fully saturated rings. The first-order valence-corrected chi connectivity index (χ1v) is 6.84. The molecule has 1 aliphatic rings. The van der Waals surface area contributed by atoms with Gasteiger partial charge in [0.05, 0.1) is 0 Å². The molecule has 0 bridgehead atoms. The van der Waals surface area contributed by atoms with Gasteiger partial charge in [-0.1, -0.05) is 50.2 Å². The fraction of sp³-hybridized carbons (Fsp3) is 0.222. The van der Waals surface area contributed by atoms with Crippen LogP contribution >= 0.6 is 0 Å². The molecule has 0 saturated heterocycles. The zero-order chi connectivity index (χ0) is 13.4. The molecule has 0 aromatic heterocycles. The third-order valence-electron chi connectivity index (χ3n) is 4.04. The van der Waals surface area contributed by atoms with Crippen LogP contribution in [0.15, 0.2) is 48.5 Å². The Kier molecular flexibility index (Phi) is 2.90. The summed E-state index contributed by atoms with van der Waals surface area (Å²) in [5.41, 5.74) is 6.87. The quantitative estimate of drug-likeness (QED) is 0.809. The smallest absolute Gasteiger partial charge is 0.115 e. The van der Waals surface area contributed by atoms with Crippen LogP contribution in [-0.4, -0.2) is 5.11 Å². The van der Waals surface area contributed by atoms with Crippen molar-refractivity contribution in [2.75, 3.05) is 0 Å². The highest BCUT2D eigenvalue weighted by molar-refractivity contribution is 5.99. The zero-order valence-electron chi connectivity index (χ0n) is 11.4. The highest BCUT2D eigenvalue weighted by atomic mass is 16.3. The van der Waals surface area contributed by atoms with Crippen LogP contribution in [0.2, 0.25) is 0 Å². The average Bonchev–Trinajstić information content (AvgIpc) is 2.73. The minimum atomic E-state index is 0.325. The van der Waals surface area contributed by atoms with Crippen molar-refractivity contribution < 1.29 is 5.11 Å². The molecule has 0 saturated carbocycles. The van der Waals surface area contributed by atoms with Crippen molar-refractivity contribution in [2.45, 2.75) is 26.2 Å². The van der Waals surface area contributed by atoms with Crippen LogP contribution in [-0.2, 0) is 0 Å². The van der Waals surface area contributed by atoms with Gasteiger partial charge in [0.1, 0.15) is 5.75 Å². The van der Waals surface area contributed by atoms with Crippen molar-refractivity contribution in [1.82, 2.24) is 0 Å². The van der Waals surface area contributed by atoms with E-state index in [1.54, 1.807) is 12.1 Å². The number of hydrogen-bond acceptors (Lipinski definition) is 1. The Bertz CT molecular complexity index is 635. The average molecular weight is 250 g/mol. The summed E-state index contributed by atoms with van der Waals surface area (Å²) in [7, 11) is 0. The highest BCUT2D eigenvalue weighted by Gasteiger charge is 2.27. The number of aromatic hydroxyl groups is 1. The Morgan fingerprint density at radius 3 is 2.37 bits per heavy atom. The third kappa shape index (κ3) is 1.86. The van der Waals surface area contributed by atoms with Crippen LogP contribution in [0.25, 0.3) is 11.1 Å². The van der Waals surface area contributed by atoms with E-state index in [-0.39, 0.29) is 0 Å². The van der Waals surface area contributed by atoms with Crippen molar-refractivity contribution in [2.24, 2.45) is 0 Å². The number of benzene rings is 2. The van der Waals surface area contributed by atoms with Gasteiger partial charge in [-0.3, -0.25) is 0 Å². The SMILES string of the molecule is CCC1=C(c2ccc(O)cc2)[C@H](C)c2ccccc21. The Morgan fingerprint density at radius 2 is 1.68 bits per heavy atom. The number of allylic oxidation sites excluding steroid dienone is 2. The lowest BCUT2D eigenvalue weighted by Gasteiger charge is -2.12. The molecule has 0 radical (unpaired) electrons. The van der Waals surface area contributed by atoms with Crippen LogP contribution in [0.4, 0.5) is 0 Å². The van der Waals surface area contributed by atoms with Gasteiger partial charge in [-0.15, -0.1) is 0 Å². The number of rotatable bonds is 2. The van der Waals surface area contributed by atoms with Crippen LogP contribution in [0.1, 0.15) is 42.9 Å². The molecule has 19 heavy (non-hydrogen) atoms. The van der Waals surface area contributed by atoms with Crippen LogP contribution < -0.4 is 0 Å². The minimum Gasteiger partial charge on any atom is -0.508 e. The maximum absolute atomic E-state index is 9.45. The topological polar surface area (TPSA) is 20.2 Å². The number of phenolic OH excluding ortho intramolecular Hbond substituents is 1. The number of phenols is 1. The van der Waals surface area contributed by atoms with Gasteiger partial charge >= 0.3 is 0 Å². The standard InChI is InChI=1S/C18H18O/c1-3-15-17-7-5-4-6-16(17)12(2)18(15)13-8-10-14(19)11-9-13/h4-12,19H,3H2,1-2H3/t12-/m1/s1. The summed E-state index contributed by atoms with van der Waals surface area (Å²) >= 11 is 0. The van der Waals surface area contributed by atoms with Crippen LogP contribution in [0.5, 0.6) is 5.75 Å². The van der Waals surface area contributed by atoms with E-state index in [2.05, 4.69) is 38.1 Å². The molecular weight excluding hydrogens is 232 g/mol. The fourth-order valence-corrected chi connectivity index (χ4v) is 3.16. The molecule has 1 aliphatic carbocycles. The predicted octanol–water partition coefficient (Wildman–Crippen LogP) is 4.83. The number of hydrogen-bond donors (Lipinski definition) is 1. The second-order valence-electron chi connectivity index (χ2n) is 5.10. The third-order valence-corrected chi connectivity index (χ3v) is 4.04. The van der Waals surface area contributed by atoms with Gasteiger partial charge in [-0.25, -0.2) is 0 Å². The Balaban J connectivity index is 2.17. The lowest BCUT2D eigenvalue weighted by atomic mass is 9.92. The van der Waals surface area contributed by atoms with Crippen molar-refractivity contribution in [1.29, 1.82) is 0 Å². The lowest BCUT2D eigenvalue weighted by Crippen LogP contribution is -1.93. The lowest BCUT2D eigenvalue weighted by molar-refractivity contribution is 0.475. The molecule has 96 valence electrons. The van der Waals surface area contributed by atoms with Gasteiger partial charge in [0.25, 0.3) is 0 Å². The van der Waals surface area contributed by atoms with E-state index in [1.807, 2.05) is 12.1 Å². The van der Waals surface area contributed by atoms with Crippen LogP contribution in [0.3, 0.4) is 0 Å². The molecule has 0 heterocycles. The summed E-state index contributed by atoms with van der Waals surface area (Å²) < 4.78 is 0. The van der Waals surface area contributed by atoms with E-state index in [0.29, 0.717) is 11.7 Å². The molecule has 3 rings (SSSR count). The Hall–Kier alpha value is -2.02. The van der Waals surface area contributed by atoms with Crippen molar-refractivity contribution in [3.8, 4) is 5.75 Å². The second kappa shape index (κ2) is 4.58. The van der Waals surface area contributed by atoms with E-state index >= 15 is 0 Å². The molecule has 0 unspecified atom stereocenters.